The minimum absolute atomic E-state index is 0.153. The third-order valence-corrected chi connectivity index (χ3v) is 7.86. The van der Waals surface area contributed by atoms with Crippen LogP contribution in [0, 0.1) is 5.92 Å². The van der Waals surface area contributed by atoms with E-state index in [0.29, 0.717) is 35.0 Å². The predicted octanol–water partition coefficient (Wildman–Crippen LogP) is 5.30. The van der Waals surface area contributed by atoms with Crippen LogP contribution in [0.1, 0.15) is 43.7 Å². The Morgan fingerprint density at radius 2 is 1.80 bits per heavy atom. The molecule has 2 aromatic carbocycles. The van der Waals surface area contributed by atoms with Crippen molar-refractivity contribution >= 4 is 44.8 Å². The number of amides is 1. The molecule has 0 unspecified atom stereocenters. The van der Waals surface area contributed by atoms with Gasteiger partial charge in [0.25, 0.3) is 0 Å². The highest BCUT2D eigenvalue weighted by Crippen LogP contribution is 2.30. The summed E-state index contributed by atoms with van der Waals surface area (Å²) in [6, 6.07) is 12.6. The van der Waals surface area contributed by atoms with E-state index < -0.39 is 15.9 Å². The molecule has 1 heterocycles. The third kappa shape index (κ3) is 5.35. The predicted molar refractivity (Wildman–Crippen MR) is 123 cm³/mol. The highest BCUT2D eigenvalue weighted by atomic mass is 35.5. The largest absolute Gasteiger partial charge is 0.326 e. The monoisotopic (exact) mass is 468 g/mol. The standard InChI is InChI=1S/C22H26Cl2N2O3S/c1-15(2)17-8-3-4-11-21(17)25-22(27)16-7-6-12-26(13-16)30(28,29)14-18-19(23)9-5-10-20(18)24/h3-5,8-11,15-16H,6-7,12-14H2,1-2H3,(H,25,27)/t16-/m1/s1. The van der Waals surface area contributed by atoms with Gasteiger partial charge in [-0.2, -0.15) is 0 Å². The Hall–Kier alpha value is -1.60. The number of rotatable bonds is 6. The summed E-state index contributed by atoms with van der Waals surface area (Å²) in [7, 11) is -3.66. The molecule has 1 aliphatic rings. The third-order valence-electron chi connectivity index (χ3n) is 5.38. The lowest BCUT2D eigenvalue weighted by Crippen LogP contribution is -2.44. The zero-order chi connectivity index (χ0) is 21.9. The van der Waals surface area contributed by atoms with Gasteiger partial charge in [-0.3, -0.25) is 4.79 Å². The van der Waals surface area contributed by atoms with Crippen molar-refractivity contribution in [3.8, 4) is 0 Å². The van der Waals surface area contributed by atoms with Crippen LogP contribution in [-0.4, -0.2) is 31.7 Å². The Balaban J connectivity index is 1.72. The van der Waals surface area contributed by atoms with Crippen molar-refractivity contribution in [2.45, 2.75) is 38.4 Å². The van der Waals surface area contributed by atoms with Crippen LogP contribution in [0.2, 0.25) is 10.0 Å². The van der Waals surface area contributed by atoms with E-state index in [1.165, 1.54) is 4.31 Å². The second-order valence-corrected chi connectivity index (χ2v) is 10.7. The number of carbonyl (C=O) groups is 1. The van der Waals surface area contributed by atoms with Crippen LogP contribution in [0.15, 0.2) is 42.5 Å². The molecule has 2 aromatic rings. The number of halogens is 2. The highest BCUT2D eigenvalue weighted by molar-refractivity contribution is 7.88. The van der Waals surface area contributed by atoms with Crippen LogP contribution < -0.4 is 5.32 Å². The zero-order valence-electron chi connectivity index (χ0n) is 17.1. The SMILES string of the molecule is CC(C)c1ccccc1NC(=O)[C@@H]1CCCN(S(=O)(=O)Cc2c(Cl)cccc2Cl)C1. The molecule has 30 heavy (non-hydrogen) atoms. The first kappa shape index (κ1) is 23.1. The van der Waals surface area contributed by atoms with E-state index in [4.69, 9.17) is 23.2 Å². The summed E-state index contributed by atoms with van der Waals surface area (Å²) >= 11 is 12.3. The molecule has 0 aromatic heterocycles. The Kier molecular flexibility index (Phi) is 7.45. The van der Waals surface area contributed by atoms with Crippen LogP contribution in [0.3, 0.4) is 0 Å². The zero-order valence-corrected chi connectivity index (χ0v) is 19.4. The van der Waals surface area contributed by atoms with Crippen LogP contribution in [0.4, 0.5) is 5.69 Å². The fourth-order valence-electron chi connectivity index (χ4n) is 3.70. The van der Waals surface area contributed by atoms with Crippen molar-refractivity contribution < 1.29 is 13.2 Å². The number of anilines is 1. The van der Waals surface area contributed by atoms with E-state index in [-0.39, 0.29) is 24.1 Å². The van der Waals surface area contributed by atoms with Gasteiger partial charge in [-0.05, 0) is 42.5 Å². The van der Waals surface area contributed by atoms with Crippen LogP contribution in [0.5, 0.6) is 0 Å². The van der Waals surface area contributed by atoms with Gasteiger partial charge in [-0.1, -0.05) is 61.3 Å². The molecule has 5 nitrogen and oxygen atoms in total. The molecule has 0 saturated carbocycles. The average Bonchev–Trinajstić information content (AvgIpc) is 2.71. The summed E-state index contributed by atoms with van der Waals surface area (Å²) in [5.41, 5.74) is 2.22. The molecule has 0 bridgehead atoms. The molecule has 3 rings (SSSR count). The van der Waals surface area contributed by atoms with E-state index in [9.17, 15) is 13.2 Å². The molecule has 162 valence electrons. The maximum absolute atomic E-state index is 13.0. The number of hydrogen-bond acceptors (Lipinski definition) is 3. The fourth-order valence-corrected chi connectivity index (χ4v) is 6.06. The normalized spacial score (nSPS) is 17.8. The summed E-state index contributed by atoms with van der Waals surface area (Å²) in [4.78, 5) is 12.9. The minimum Gasteiger partial charge on any atom is -0.326 e. The first-order valence-corrected chi connectivity index (χ1v) is 12.4. The van der Waals surface area contributed by atoms with Gasteiger partial charge in [-0.25, -0.2) is 12.7 Å². The van der Waals surface area contributed by atoms with Crippen LogP contribution in [-0.2, 0) is 20.6 Å². The molecular weight excluding hydrogens is 443 g/mol. The van der Waals surface area contributed by atoms with Gasteiger partial charge in [0.05, 0.1) is 11.7 Å². The Morgan fingerprint density at radius 3 is 2.47 bits per heavy atom. The first-order chi connectivity index (χ1) is 14.2. The molecule has 1 amide bonds. The van der Waals surface area contributed by atoms with E-state index in [0.717, 1.165) is 11.3 Å². The first-order valence-electron chi connectivity index (χ1n) is 9.99. The smallest absolute Gasteiger partial charge is 0.228 e. The van der Waals surface area contributed by atoms with Crippen LogP contribution in [0.25, 0.3) is 0 Å². The van der Waals surface area contributed by atoms with Gasteiger partial charge in [-0.15, -0.1) is 0 Å². The van der Waals surface area contributed by atoms with Crippen molar-refractivity contribution in [2.24, 2.45) is 5.92 Å². The molecule has 0 aliphatic carbocycles. The number of para-hydroxylation sites is 1. The number of benzene rings is 2. The summed E-state index contributed by atoms with van der Waals surface area (Å²) < 4.78 is 27.4. The lowest BCUT2D eigenvalue weighted by Gasteiger charge is -2.31. The second kappa shape index (κ2) is 9.69. The average molecular weight is 469 g/mol. The van der Waals surface area contributed by atoms with Gasteiger partial charge in [0.2, 0.25) is 15.9 Å². The summed E-state index contributed by atoms with van der Waals surface area (Å²) in [5, 5.41) is 3.64. The maximum Gasteiger partial charge on any atom is 0.228 e. The number of sulfonamides is 1. The number of piperidine rings is 1. The van der Waals surface area contributed by atoms with Gasteiger partial charge in [0.15, 0.2) is 0 Å². The van der Waals surface area contributed by atoms with E-state index in [2.05, 4.69) is 19.2 Å². The molecule has 1 fully saturated rings. The Bertz CT molecular complexity index is 1000. The van der Waals surface area contributed by atoms with Crippen molar-refractivity contribution in [1.82, 2.24) is 4.31 Å². The second-order valence-electron chi connectivity index (χ2n) is 7.88. The topological polar surface area (TPSA) is 66.5 Å². The lowest BCUT2D eigenvalue weighted by molar-refractivity contribution is -0.120. The minimum atomic E-state index is -3.66. The van der Waals surface area contributed by atoms with Crippen molar-refractivity contribution in [3.63, 3.8) is 0 Å². The molecule has 0 radical (unpaired) electrons. The molecule has 1 atom stereocenters. The van der Waals surface area contributed by atoms with Gasteiger partial charge < -0.3 is 5.32 Å². The van der Waals surface area contributed by atoms with Crippen LogP contribution >= 0.6 is 23.2 Å². The van der Waals surface area contributed by atoms with E-state index in [1.54, 1.807) is 18.2 Å². The van der Waals surface area contributed by atoms with Gasteiger partial charge in [0.1, 0.15) is 0 Å². The lowest BCUT2D eigenvalue weighted by atomic mass is 9.97. The maximum atomic E-state index is 13.0. The number of nitrogens with zero attached hydrogens (tertiary/aromatic N) is 1. The van der Waals surface area contributed by atoms with Gasteiger partial charge in [0, 0.05) is 34.4 Å². The van der Waals surface area contributed by atoms with Gasteiger partial charge >= 0.3 is 0 Å². The Labute approximate surface area is 188 Å². The van der Waals surface area contributed by atoms with Crippen molar-refractivity contribution in [2.75, 3.05) is 18.4 Å². The number of hydrogen-bond donors (Lipinski definition) is 1. The molecule has 0 spiro atoms. The van der Waals surface area contributed by atoms with Crippen molar-refractivity contribution in [1.29, 1.82) is 0 Å². The van der Waals surface area contributed by atoms with E-state index >= 15 is 0 Å². The number of carbonyl (C=O) groups excluding carboxylic acids is 1. The molecule has 8 heteroatoms. The summed E-state index contributed by atoms with van der Waals surface area (Å²) in [6.45, 7) is 4.68. The molecule has 1 aliphatic heterocycles. The molecular formula is C22H26Cl2N2O3S. The number of nitrogens with one attached hydrogen (secondary N) is 1. The van der Waals surface area contributed by atoms with E-state index in [1.807, 2.05) is 24.3 Å². The Morgan fingerprint density at radius 1 is 1.13 bits per heavy atom. The quantitative estimate of drug-likeness (QED) is 0.625. The highest BCUT2D eigenvalue weighted by Gasteiger charge is 2.33. The summed E-state index contributed by atoms with van der Waals surface area (Å²) in [6.07, 6.45) is 1.27. The molecule has 1 saturated heterocycles. The van der Waals surface area contributed by atoms with Crippen molar-refractivity contribution in [3.05, 3.63) is 63.6 Å². The molecule has 1 N–H and O–H groups in total. The summed E-state index contributed by atoms with van der Waals surface area (Å²) in [5.74, 6) is -0.574. The fraction of sp³-hybridized carbons (Fsp3) is 0.409.